The van der Waals surface area contributed by atoms with Gasteiger partial charge in [-0.1, -0.05) is 12.2 Å². The molecule has 0 aliphatic heterocycles. The number of phenolic OH excluding ortho intramolecular Hbond substituents is 2. The lowest BCUT2D eigenvalue weighted by Gasteiger charge is -2.15. The highest BCUT2D eigenvalue weighted by atomic mass is 16.3. The first-order chi connectivity index (χ1) is 7.88. The van der Waals surface area contributed by atoms with E-state index in [4.69, 9.17) is 0 Å². The molecule has 0 spiro atoms. The van der Waals surface area contributed by atoms with Gasteiger partial charge in [-0.2, -0.15) is 0 Å². The van der Waals surface area contributed by atoms with E-state index < -0.39 is 6.10 Å². The van der Waals surface area contributed by atoms with Gasteiger partial charge in [0.15, 0.2) is 6.29 Å². The summed E-state index contributed by atoms with van der Waals surface area (Å²) in [4.78, 5) is 10.8. The molecule has 92 valence electrons. The number of hydrogen-bond donors (Lipinski definition) is 3. The number of aromatic hydroxyl groups is 2. The van der Waals surface area contributed by atoms with E-state index in [1.807, 2.05) is 0 Å². The third-order valence-electron chi connectivity index (χ3n) is 2.71. The largest absolute Gasteiger partial charge is 0.508 e. The van der Waals surface area contributed by atoms with Gasteiger partial charge in [0.2, 0.25) is 0 Å². The van der Waals surface area contributed by atoms with Crippen molar-refractivity contribution in [2.45, 2.75) is 26.4 Å². The van der Waals surface area contributed by atoms with Crippen molar-refractivity contribution in [2.75, 3.05) is 0 Å². The average Bonchev–Trinajstić information content (AvgIpc) is 2.24. The predicted octanol–water partition coefficient (Wildman–Crippen LogP) is 1.70. The molecule has 0 aliphatic rings. The fourth-order valence-electron chi connectivity index (χ4n) is 1.56. The minimum Gasteiger partial charge on any atom is -0.508 e. The number of hydrogen-bond acceptors (Lipinski definition) is 4. The van der Waals surface area contributed by atoms with Crippen molar-refractivity contribution in [3.8, 4) is 11.5 Å². The summed E-state index contributed by atoms with van der Waals surface area (Å²) in [6.45, 7) is 6.85. The standard InChI is InChI=1S/C13H16O4/c1-7(2)11(15)5-9-12(16)4-8(3)10(6-14)13(9)17/h4,6,11,15-17H,1,5H2,2-3H3. The molecule has 4 nitrogen and oxygen atoms in total. The van der Waals surface area contributed by atoms with Crippen LogP contribution in [-0.4, -0.2) is 27.7 Å². The van der Waals surface area contributed by atoms with E-state index in [0.717, 1.165) is 0 Å². The Morgan fingerprint density at radius 1 is 1.53 bits per heavy atom. The summed E-state index contributed by atoms with van der Waals surface area (Å²) < 4.78 is 0. The number of aryl methyl sites for hydroxylation is 1. The van der Waals surface area contributed by atoms with Crippen LogP contribution in [0.2, 0.25) is 0 Å². The first kappa shape index (κ1) is 13.3. The van der Waals surface area contributed by atoms with Crippen LogP contribution in [0.15, 0.2) is 18.2 Å². The molecule has 1 aromatic rings. The molecule has 0 amide bonds. The lowest BCUT2D eigenvalue weighted by molar-refractivity contribution is 0.112. The summed E-state index contributed by atoms with van der Waals surface area (Å²) in [5.41, 5.74) is 1.31. The van der Waals surface area contributed by atoms with Crippen LogP contribution in [0.3, 0.4) is 0 Å². The second-order valence-electron chi connectivity index (χ2n) is 4.14. The van der Waals surface area contributed by atoms with Gasteiger partial charge in [-0.05, 0) is 25.5 Å². The second-order valence-corrected chi connectivity index (χ2v) is 4.14. The molecule has 1 atom stereocenters. The molecule has 0 saturated heterocycles. The third-order valence-corrected chi connectivity index (χ3v) is 2.71. The van der Waals surface area contributed by atoms with Gasteiger partial charge >= 0.3 is 0 Å². The summed E-state index contributed by atoms with van der Waals surface area (Å²) in [5, 5.41) is 29.2. The quantitative estimate of drug-likeness (QED) is 0.549. The van der Waals surface area contributed by atoms with Crippen LogP contribution in [0.1, 0.15) is 28.4 Å². The van der Waals surface area contributed by atoms with Gasteiger partial charge in [-0.25, -0.2) is 0 Å². The first-order valence-electron chi connectivity index (χ1n) is 5.21. The summed E-state index contributed by atoms with van der Waals surface area (Å²) in [7, 11) is 0. The molecule has 4 heteroatoms. The zero-order valence-corrected chi connectivity index (χ0v) is 9.90. The van der Waals surface area contributed by atoms with Crippen molar-refractivity contribution in [2.24, 2.45) is 0 Å². The molecule has 0 saturated carbocycles. The molecule has 0 aliphatic carbocycles. The Kier molecular flexibility index (Phi) is 3.91. The predicted molar refractivity (Wildman–Crippen MR) is 64.4 cm³/mol. The number of aliphatic hydroxyl groups excluding tert-OH is 1. The maximum absolute atomic E-state index is 10.8. The highest BCUT2D eigenvalue weighted by Gasteiger charge is 2.18. The van der Waals surface area contributed by atoms with E-state index in [0.29, 0.717) is 17.4 Å². The molecule has 1 aromatic carbocycles. The molecule has 0 bridgehead atoms. The number of carbonyl (C=O) groups is 1. The number of rotatable bonds is 4. The normalized spacial score (nSPS) is 12.2. The van der Waals surface area contributed by atoms with E-state index in [1.54, 1.807) is 13.8 Å². The SMILES string of the molecule is C=C(C)C(O)Cc1c(O)cc(C)c(C=O)c1O. The Labute approximate surface area is 99.8 Å². The minimum absolute atomic E-state index is 0.0219. The number of carbonyl (C=O) groups excluding carboxylic acids is 1. The lowest BCUT2D eigenvalue weighted by atomic mass is 9.97. The van der Waals surface area contributed by atoms with Crippen LogP contribution >= 0.6 is 0 Å². The molecular formula is C13H16O4. The topological polar surface area (TPSA) is 77.8 Å². The molecule has 17 heavy (non-hydrogen) atoms. The Morgan fingerprint density at radius 2 is 2.12 bits per heavy atom. The van der Waals surface area contributed by atoms with Crippen molar-refractivity contribution < 1.29 is 20.1 Å². The summed E-state index contributed by atoms with van der Waals surface area (Å²) in [5.74, 6) is -0.413. The van der Waals surface area contributed by atoms with Crippen molar-refractivity contribution in [3.63, 3.8) is 0 Å². The third kappa shape index (κ3) is 2.65. The highest BCUT2D eigenvalue weighted by Crippen LogP contribution is 2.33. The van der Waals surface area contributed by atoms with Gasteiger partial charge in [0.1, 0.15) is 11.5 Å². The van der Waals surface area contributed by atoms with Crippen LogP contribution in [0, 0.1) is 6.92 Å². The van der Waals surface area contributed by atoms with Crippen LogP contribution in [-0.2, 0) is 6.42 Å². The van der Waals surface area contributed by atoms with Gasteiger partial charge in [0.25, 0.3) is 0 Å². The van der Waals surface area contributed by atoms with E-state index in [1.165, 1.54) is 6.07 Å². The Bertz CT molecular complexity index is 463. The Morgan fingerprint density at radius 3 is 2.59 bits per heavy atom. The van der Waals surface area contributed by atoms with Gasteiger partial charge in [0, 0.05) is 12.0 Å². The van der Waals surface area contributed by atoms with Crippen molar-refractivity contribution in [1.82, 2.24) is 0 Å². The molecule has 1 rings (SSSR count). The summed E-state index contributed by atoms with van der Waals surface area (Å²) in [6, 6.07) is 1.39. The molecule has 0 fully saturated rings. The number of benzene rings is 1. The summed E-state index contributed by atoms with van der Waals surface area (Å²) >= 11 is 0. The van der Waals surface area contributed by atoms with E-state index in [-0.39, 0.29) is 29.0 Å². The maximum atomic E-state index is 10.8. The molecule has 1 unspecified atom stereocenters. The van der Waals surface area contributed by atoms with Crippen molar-refractivity contribution in [1.29, 1.82) is 0 Å². The van der Waals surface area contributed by atoms with Crippen molar-refractivity contribution in [3.05, 3.63) is 34.9 Å². The smallest absolute Gasteiger partial charge is 0.154 e. The van der Waals surface area contributed by atoms with Gasteiger partial charge in [-0.3, -0.25) is 4.79 Å². The fraction of sp³-hybridized carbons (Fsp3) is 0.308. The van der Waals surface area contributed by atoms with Gasteiger partial charge < -0.3 is 15.3 Å². The lowest BCUT2D eigenvalue weighted by Crippen LogP contribution is -2.12. The Hall–Kier alpha value is -1.81. The number of aliphatic hydroxyl groups is 1. The number of aldehydes is 1. The van der Waals surface area contributed by atoms with Crippen LogP contribution in [0.25, 0.3) is 0 Å². The average molecular weight is 236 g/mol. The van der Waals surface area contributed by atoms with Gasteiger partial charge in [0.05, 0.1) is 11.7 Å². The number of phenols is 2. The molecule has 0 aromatic heterocycles. The molecule has 3 N–H and O–H groups in total. The van der Waals surface area contributed by atoms with E-state index in [9.17, 15) is 20.1 Å². The van der Waals surface area contributed by atoms with Crippen LogP contribution in [0.4, 0.5) is 0 Å². The monoisotopic (exact) mass is 236 g/mol. The van der Waals surface area contributed by atoms with Crippen LogP contribution < -0.4 is 0 Å². The van der Waals surface area contributed by atoms with Gasteiger partial charge in [-0.15, -0.1) is 0 Å². The maximum Gasteiger partial charge on any atom is 0.154 e. The zero-order chi connectivity index (χ0) is 13.2. The molecule has 0 heterocycles. The second kappa shape index (κ2) is 5.01. The molecular weight excluding hydrogens is 220 g/mol. The van der Waals surface area contributed by atoms with Crippen molar-refractivity contribution >= 4 is 6.29 Å². The highest BCUT2D eigenvalue weighted by molar-refractivity contribution is 5.83. The zero-order valence-electron chi connectivity index (χ0n) is 9.90. The fourth-order valence-corrected chi connectivity index (χ4v) is 1.56. The first-order valence-corrected chi connectivity index (χ1v) is 5.21. The Balaban J connectivity index is 3.24. The molecule has 0 radical (unpaired) electrons. The minimum atomic E-state index is -0.867. The van der Waals surface area contributed by atoms with Crippen LogP contribution in [0.5, 0.6) is 11.5 Å². The van der Waals surface area contributed by atoms with E-state index in [2.05, 4.69) is 6.58 Å². The summed E-state index contributed by atoms with van der Waals surface area (Å²) in [6.07, 6.45) is -0.316. The van der Waals surface area contributed by atoms with E-state index >= 15 is 0 Å².